The number of thioether (sulfide) groups is 2. The van der Waals surface area contributed by atoms with E-state index >= 15 is 0 Å². The number of amides is 3. The molecular weight excluding hydrogens is 578 g/mol. The maximum Gasteiger partial charge on any atom is 0.352 e. The van der Waals surface area contributed by atoms with E-state index in [-0.39, 0.29) is 23.3 Å². The highest BCUT2D eigenvalue weighted by Gasteiger charge is 2.54. The van der Waals surface area contributed by atoms with Crippen LogP contribution in [0.4, 0.5) is 5.69 Å². The highest BCUT2D eigenvalue weighted by molar-refractivity contribution is 9.10. The fraction of sp³-hybridized carbons (Fsp3) is 0.231. The van der Waals surface area contributed by atoms with E-state index in [1.807, 2.05) is 54.6 Å². The lowest BCUT2D eigenvalue weighted by Gasteiger charge is -2.49. The first-order valence-electron chi connectivity index (χ1n) is 11.5. The summed E-state index contributed by atoms with van der Waals surface area (Å²) in [5.41, 5.74) is 1.61. The summed E-state index contributed by atoms with van der Waals surface area (Å²) >= 11 is 6.11. The van der Waals surface area contributed by atoms with Gasteiger partial charge in [0.15, 0.2) is 0 Å². The number of para-hydroxylation sites is 1. The summed E-state index contributed by atoms with van der Waals surface area (Å²) in [6.07, 6.45) is 2.10. The molecule has 0 bridgehead atoms. The lowest BCUT2D eigenvalue weighted by atomic mass is 10.0. The molecule has 3 heterocycles. The van der Waals surface area contributed by atoms with Crippen molar-refractivity contribution in [2.45, 2.75) is 22.7 Å². The van der Waals surface area contributed by atoms with E-state index in [1.54, 1.807) is 11.0 Å². The van der Waals surface area contributed by atoms with Gasteiger partial charge in [-0.1, -0.05) is 34.1 Å². The third-order valence-corrected chi connectivity index (χ3v) is 9.08. The number of fused-ring (bicyclic) bond motifs is 1. The van der Waals surface area contributed by atoms with Gasteiger partial charge in [-0.15, -0.1) is 23.5 Å². The lowest BCUT2D eigenvalue weighted by Crippen LogP contribution is -2.70. The van der Waals surface area contributed by atoms with Gasteiger partial charge >= 0.3 is 5.97 Å². The van der Waals surface area contributed by atoms with Gasteiger partial charge in [0, 0.05) is 32.9 Å². The first-order chi connectivity index (χ1) is 17.8. The van der Waals surface area contributed by atoms with Crippen molar-refractivity contribution in [1.82, 2.24) is 10.2 Å². The predicted octanol–water partition coefficient (Wildman–Crippen LogP) is 3.64. The normalized spacial score (nSPS) is 22.2. The van der Waals surface area contributed by atoms with Gasteiger partial charge in [0.2, 0.25) is 5.91 Å². The molecule has 2 saturated heterocycles. The number of hydrogen-bond donors (Lipinski definition) is 2. The van der Waals surface area contributed by atoms with Crippen LogP contribution >= 0.6 is 39.5 Å². The summed E-state index contributed by atoms with van der Waals surface area (Å²) < 4.78 is 0.943. The molecule has 2 aromatic carbocycles. The maximum absolute atomic E-state index is 13.0. The monoisotopic (exact) mass is 599 g/mol. The number of allylic oxidation sites excluding steroid dienone is 1. The van der Waals surface area contributed by atoms with Gasteiger partial charge in [0.1, 0.15) is 17.1 Å². The van der Waals surface area contributed by atoms with Crippen molar-refractivity contribution < 1.29 is 24.3 Å². The fourth-order valence-electron chi connectivity index (χ4n) is 4.46. The molecule has 0 radical (unpaired) electrons. The number of carbonyl (C=O) groups excluding carboxylic acids is 3. The maximum atomic E-state index is 13.0. The molecule has 37 heavy (non-hydrogen) atoms. The van der Waals surface area contributed by atoms with Crippen LogP contribution in [0.5, 0.6) is 0 Å². The van der Waals surface area contributed by atoms with Crippen LogP contribution in [0.25, 0.3) is 0 Å². The molecule has 2 fully saturated rings. The van der Waals surface area contributed by atoms with Crippen molar-refractivity contribution in [1.29, 1.82) is 0 Å². The van der Waals surface area contributed by atoms with Crippen LogP contribution in [-0.4, -0.2) is 63.2 Å². The number of nitrogens with one attached hydrogen (secondary N) is 1. The van der Waals surface area contributed by atoms with Crippen molar-refractivity contribution in [2.24, 2.45) is 0 Å². The van der Waals surface area contributed by atoms with Gasteiger partial charge in [-0.2, -0.15) is 0 Å². The Morgan fingerprint density at radius 3 is 2.57 bits per heavy atom. The fourth-order valence-corrected chi connectivity index (χ4v) is 6.74. The number of β-lactam (4-membered cyclic amide) rings is 1. The number of rotatable bonds is 7. The molecule has 2 N–H and O–H groups in total. The van der Waals surface area contributed by atoms with Crippen LogP contribution in [-0.2, 0) is 19.2 Å². The largest absolute Gasteiger partial charge is 0.477 e. The van der Waals surface area contributed by atoms with Gasteiger partial charge in [-0.3, -0.25) is 19.3 Å². The number of nitrogens with zero attached hydrogens (tertiary/aromatic N) is 2. The first-order valence-corrected chi connectivity index (χ1v) is 14.3. The van der Waals surface area contributed by atoms with Crippen molar-refractivity contribution in [3.63, 3.8) is 0 Å². The number of anilines is 1. The second-order valence-electron chi connectivity index (χ2n) is 8.59. The summed E-state index contributed by atoms with van der Waals surface area (Å²) in [6.45, 7) is 0.509. The van der Waals surface area contributed by atoms with Crippen LogP contribution in [0.2, 0.25) is 0 Å². The van der Waals surface area contributed by atoms with Crippen molar-refractivity contribution in [3.8, 4) is 0 Å². The second kappa shape index (κ2) is 10.8. The molecule has 3 aliphatic heterocycles. The summed E-state index contributed by atoms with van der Waals surface area (Å²) in [7, 11) is 0. The molecule has 5 rings (SSSR count). The molecule has 0 unspecified atom stereocenters. The predicted molar refractivity (Wildman–Crippen MR) is 146 cm³/mol. The van der Waals surface area contributed by atoms with Gasteiger partial charge in [0.25, 0.3) is 11.8 Å². The third kappa shape index (κ3) is 5.21. The second-order valence-corrected chi connectivity index (χ2v) is 11.7. The average Bonchev–Trinajstić information content (AvgIpc) is 3.26. The smallest absolute Gasteiger partial charge is 0.352 e. The molecule has 11 heteroatoms. The number of benzene rings is 2. The number of carbonyl (C=O) groups is 4. The van der Waals surface area contributed by atoms with Gasteiger partial charge in [-0.05, 0) is 54.5 Å². The van der Waals surface area contributed by atoms with Gasteiger partial charge in [0.05, 0.1) is 5.75 Å². The molecule has 0 saturated carbocycles. The Balaban J connectivity index is 1.27. The number of carboxylic acids is 1. The zero-order valence-corrected chi connectivity index (χ0v) is 22.6. The number of hydrogen-bond acceptors (Lipinski definition) is 6. The van der Waals surface area contributed by atoms with Crippen LogP contribution < -0.4 is 10.2 Å². The summed E-state index contributed by atoms with van der Waals surface area (Å²) in [5.74, 6) is -1.70. The van der Waals surface area contributed by atoms with E-state index in [1.165, 1.54) is 28.4 Å². The highest BCUT2D eigenvalue weighted by atomic mass is 79.9. The quantitative estimate of drug-likeness (QED) is 0.284. The molecule has 2 atom stereocenters. The van der Waals surface area contributed by atoms with E-state index in [0.29, 0.717) is 29.9 Å². The average molecular weight is 601 g/mol. The standard InChI is InChI=1S/C26H22BrN3O5S2/c27-17-6-8-19(9-7-17)36-14-20(31)28-21-24(33)30-22(26(34)35)16(13-37-25(21)30)12-15-10-11-29(23(15)32)18-4-2-1-3-5-18/h1-9,12,21,25H,10-11,13-14H2,(H,28,31)(H,34,35)/t21-,25-/m1/s1. The van der Waals surface area contributed by atoms with Gasteiger partial charge < -0.3 is 15.3 Å². The summed E-state index contributed by atoms with van der Waals surface area (Å²) in [5, 5.41) is 12.2. The zero-order chi connectivity index (χ0) is 26.1. The molecule has 0 aliphatic carbocycles. The Bertz CT molecular complexity index is 1330. The summed E-state index contributed by atoms with van der Waals surface area (Å²) in [6, 6.07) is 16.1. The minimum atomic E-state index is -1.23. The van der Waals surface area contributed by atoms with Crippen molar-refractivity contribution in [3.05, 3.63) is 82.0 Å². The van der Waals surface area contributed by atoms with E-state index in [2.05, 4.69) is 21.2 Å². The molecular formula is C26H22BrN3O5S2. The molecule has 2 aromatic rings. The summed E-state index contributed by atoms with van der Waals surface area (Å²) in [4.78, 5) is 54.4. The van der Waals surface area contributed by atoms with E-state index in [9.17, 15) is 24.3 Å². The highest BCUT2D eigenvalue weighted by Crippen LogP contribution is 2.41. The minimum absolute atomic E-state index is 0.123. The molecule has 0 spiro atoms. The Morgan fingerprint density at radius 2 is 1.86 bits per heavy atom. The zero-order valence-electron chi connectivity index (χ0n) is 19.4. The molecule has 8 nitrogen and oxygen atoms in total. The van der Waals surface area contributed by atoms with Crippen LogP contribution in [0, 0.1) is 0 Å². The SMILES string of the molecule is O=C(CSc1ccc(Br)cc1)N[C@@H]1C(=O)N2C(C(=O)O)=C(C=C3CCN(c4ccccc4)C3=O)CS[C@H]12. The Morgan fingerprint density at radius 1 is 1.14 bits per heavy atom. The van der Waals surface area contributed by atoms with Gasteiger partial charge in [-0.25, -0.2) is 4.79 Å². The topological polar surface area (TPSA) is 107 Å². The lowest BCUT2D eigenvalue weighted by molar-refractivity contribution is -0.150. The molecule has 0 aromatic heterocycles. The van der Waals surface area contributed by atoms with E-state index < -0.39 is 23.3 Å². The molecule has 3 amide bonds. The minimum Gasteiger partial charge on any atom is -0.477 e. The van der Waals surface area contributed by atoms with E-state index in [4.69, 9.17) is 0 Å². The molecule has 3 aliphatic rings. The van der Waals surface area contributed by atoms with Crippen molar-refractivity contribution in [2.75, 3.05) is 23.0 Å². The third-order valence-electron chi connectivity index (χ3n) is 6.24. The van der Waals surface area contributed by atoms with Crippen molar-refractivity contribution >= 4 is 68.8 Å². The van der Waals surface area contributed by atoms with Crippen LogP contribution in [0.15, 0.2) is 86.9 Å². The Labute approximate surface area is 230 Å². The Kier molecular flexibility index (Phi) is 7.45. The first kappa shape index (κ1) is 25.6. The van der Waals surface area contributed by atoms with Crippen LogP contribution in [0.3, 0.4) is 0 Å². The number of halogens is 1. The molecule has 190 valence electrons. The Hall–Kier alpha value is -3.02. The number of aliphatic carboxylic acids is 1. The van der Waals surface area contributed by atoms with Crippen LogP contribution in [0.1, 0.15) is 6.42 Å². The van der Waals surface area contributed by atoms with E-state index in [0.717, 1.165) is 15.1 Å². The number of carboxylic acid groups (broad SMARTS) is 1.